The normalized spacial score (nSPS) is 18.0. The highest BCUT2D eigenvalue weighted by molar-refractivity contribution is 7.89. The van der Waals surface area contributed by atoms with Gasteiger partial charge in [-0.05, 0) is 73.2 Å². The first kappa shape index (κ1) is 24.5. The molecule has 0 unspecified atom stereocenters. The molecule has 3 aromatic rings. The Kier molecular flexibility index (Phi) is 6.57. The van der Waals surface area contributed by atoms with Gasteiger partial charge >= 0.3 is 5.97 Å². The maximum absolute atomic E-state index is 13.2. The van der Waals surface area contributed by atoms with E-state index in [1.54, 1.807) is 19.1 Å². The molecule has 0 atom stereocenters. The summed E-state index contributed by atoms with van der Waals surface area (Å²) in [6.45, 7) is 2.76. The van der Waals surface area contributed by atoms with Crippen molar-refractivity contribution in [2.24, 2.45) is 5.92 Å². The van der Waals surface area contributed by atoms with Crippen molar-refractivity contribution in [3.8, 4) is 0 Å². The molecular weight excluding hydrogens is 476 g/mol. The minimum Gasteiger partial charge on any atom is -0.465 e. The molecule has 1 N–H and O–H groups in total. The number of carbonyl (C=O) groups excluding carboxylic acids is 2. The minimum absolute atomic E-state index is 0.114. The highest BCUT2D eigenvalue weighted by atomic mass is 32.2. The molecule has 1 aliphatic heterocycles. The summed E-state index contributed by atoms with van der Waals surface area (Å²) in [5, 5.41) is 4.82. The third-order valence-electron chi connectivity index (χ3n) is 7.30. The Labute approximate surface area is 211 Å². The van der Waals surface area contributed by atoms with Crippen LogP contribution in [-0.2, 0) is 29.8 Å². The van der Waals surface area contributed by atoms with Crippen molar-refractivity contribution in [2.75, 3.05) is 25.0 Å². The first-order chi connectivity index (χ1) is 17.3. The number of hydrogen-bond acceptors (Lipinski definition) is 5. The molecule has 0 aromatic heterocycles. The van der Waals surface area contributed by atoms with E-state index in [-0.39, 0.29) is 22.7 Å². The summed E-state index contributed by atoms with van der Waals surface area (Å²) < 4.78 is 33.1. The number of rotatable bonds is 7. The van der Waals surface area contributed by atoms with Crippen LogP contribution in [0.1, 0.15) is 38.2 Å². The molecule has 8 heteroatoms. The Morgan fingerprint density at radius 3 is 2.28 bits per heavy atom. The van der Waals surface area contributed by atoms with Crippen molar-refractivity contribution in [1.82, 2.24) is 4.31 Å². The van der Waals surface area contributed by atoms with E-state index in [2.05, 4.69) is 5.32 Å². The first-order valence-corrected chi connectivity index (χ1v) is 13.8. The standard InChI is InChI=1S/C28H30N2O5S/c1-2-35-27(32)28(15-16-28)23-8-10-24(11-9-23)29-26(31)21-13-17-30(18-14-21)36(33,34)25-12-7-20-5-3-4-6-22(20)19-25/h3-12,19,21H,2,13-18H2,1H3,(H,29,31). The van der Waals surface area contributed by atoms with Gasteiger partial charge in [-0.15, -0.1) is 0 Å². The summed E-state index contributed by atoms with van der Waals surface area (Å²) in [5.41, 5.74) is 1.03. The molecule has 0 radical (unpaired) electrons. The molecule has 188 valence electrons. The Morgan fingerprint density at radius 1 is 0.972 bits per heavy atom. The van der Waals surface area contributed by atoms with Crippen LogP contribution in [0, 0.1) is 5.92 Å². The molecule has 1 aliphatic carbocycles. The molecule has 1 saturated carbocycles. The van der Waals surface area contributed by atoms with E-state index in [1.807, 2.05) is 54.6 Å². The van der Waals surface area contributed by atoms with Crippen LogP contribution in [0.4, 0.5) is 5.69 Å². The predicted molar refractivity (Wildman–Crippen MR) is 138 cm³/mol. The van der Waals surface area contributed by atoms with E-state index >= 15 is 0 Å². The highest BCUT2D eigenvalue weighted by Crippen LogP contribution is 2.49. The highest BCUT2D eigenvalue weighted by Gasteiger charge is 2.52. The summed E-state index contributed by atoms with van der Waals surface area (Å²) in [4.78, 5) is 25.5. The van der Waals surface area contributed by atoms with Gasteiger partial charge in [-0.1, -0.05) is 42.5 Å². The number of carbonyl (C=O) groups is 2. The molecule has 1 heterocycles. The topological polar surface area (TPSA) is 92.8 Å². The lowest BCUT2D eigenvalue weighted by molar-refractivity contribution is -0.146. The Morgan fingerprint density at radius 2 is 1.64 bits per heavy atom. The molecule has 1 amide bonds. The van der Waals surface area contributed by atoms with Crippen LogP contribution < -0.4 is 5.32 Å². The van der Waals surface area contributed by atoms with E-state index in [1.165, 1.54) is 4.31 Å². The van der Waals surface area contributed by atoms with Crippen LogP contribution >= 0.6 is 0 Å². The van der Waals surface area contributed by atoms with Crippen LogP contribution in [0.2, 0.25) is 0 Å². The lowest BCUT2D eigenvalue weighted by atomic mass is 9.95. The average Bonchev–Trinajstić information content (AvgIpc) is 3.71. The minimum atomic E-state index is -3.62. The van der Waals surface area contributed by atoms with Crippen LogP contribution in [0.15, 0.2) is 71.6 Å². The predicted octanol–water partition coefficient (Wildman–Crippen LogP) is 4.47. The van der Waals surface area contributed by atoms with Gasteiger partial charge in [0.05, 0.1) is 16.9 Å². The van der Waals surface area contributed by atoms with Gasteiger partial charge in [-0.2, -0.15) is 4.31 Å². The number of amides is 1. The van der Waals surface area contributed by atoms with Gasteiger partial charge < -0.3 is 10.1 Å². The molecule has 36 heavy (non-hydrogen) atoms. The number of fused-ring (bicyclic) bond motifs is 1. The zero-order valence-corrected chi connectivity index (χ0v) is 21.1. The summed E-state index contributed by atoms with van der Waals surface area (Å²) >= 11 is 0. The quantitative estimate of drug-likeness (QED) is 0.477. The number of piperidine rings is 1. The largest absolute Gasteiger partial charge is 0.465 e. The van der Waals surface area contributed by atoms with E-state index in [0.717, 1.165) is 29.2 Å². The first-order valence-electron chi connectivity index (χ1n) is 12.4. The van der Waals surface area contributed by atoms with Crippen LogP contribution in [0.25, 0.3) is 10.8 Å². The van der Waals surface area contributed by atoms with Crippen LogP contribution in [-0.4, -0.2) is 44.3 Å². The van der Waals surface area contributed by atoms with Crippen molar-refractivity contribution >= 4 is 38.4 Å². The monoisotopic (exact) mass is 506 g/mol. The van der Waals surface area contributed by atoms with Crippen molar-refractivity contribution < 1.29 is 22.7 Å². The second-order valence-corrected chi connectivity index (χ2v) is 11.5. The van der Waals surface area contributed by atoms with Crippen molar-refractivity contribution in [2.45, 2.75) is 42.9 Å². The SMILES string of the molecule is CCOC(=O)C1(c2ccc(NC(=O)C3CCN(S(=O)(=O)c4ccc5ccccc5c4)CC3)cc2)CC1. The van der Waals surface area contributed by atoms with Gasteiger partial charge in [0.25, 0.3) is 0 Å². The number of benzene rings is 3. The van der Waals surface area contributed by atoms with Crippen molar-refractivity contribution in [3.05, 3.63) is 72.3 Å². The Bertz CT molecular complexity index is 1390. The van der Waals surface area contributed by atoms with E-state index in [0.29, 0.717) is 38.2 Å². The van der Waals surface area contributed by atoms with Gasteiger partial charge in [0.2, 0.25) is 15.9 Å². The van der Waals surface area contributed by atoms with Gasteiger partial charge in [-0.3, -0.25) is 9.59 Å². The smallest absolute Gasteiger partial charge is 0.316 e. The lowest BCUT2D eigenvalue weighted by Crippen LogP contribution is -2.41. The zero-order chi connectivity index (χ0) is 25.3. The van der Waals surface area contributed by atoms with Gasteiger partial charge in [-0.25, -0.2) is 8.42 Å². The summed E-state index contributed by atoms with van der Waals surface area (Å²) in [6, 6.07) is 20.2. The van der Waals surface area contributed by atoms with Crippen LogP contribution in [0.3, 0.4) is 0 Å². The zero-order valence-electron chi connectivity index (χ0n) is 20.3. The fourth-order valence-corrected chi connectivity index (χ4v) is 6.46. The molecule has 2 fully saturated rings. The molecule has 0 spiro atoms. The number of hydrogen-bond donors (Lipinski definition) is 1. The van der Waals surface area contributed by atoms with Gasteiger partial charge in [0.1, 0.15) is 0 Å². The van der Waals surface area contributed by atoms with E-state index in [9.17, 15) is 18.0 Å². The maximum Gasteiger partial charge on any atom is 0.316 e. The number of ether oxygens (including phenoxy) is 1. The fraction of sp³-hybridized carbons (Fsp3) is 0.357. The van der Waals surface area contributed by atoms with Crippen molar-refractivity contribution in [1.29, 1.82) is 0 Å². The molecule has 0 bridgehead atoms. The van der Waals surface area contributed by atoms with Crippen LogP contribution in [0.5, 0.6) is 0 Å². The van der Waals surface area contributed by atoms with Crippen molar-refractivity contribution in [3.63, 3.8) is 0 Å². The average molecular weight is 507 g/mol. The summed E-state index contributed by atoms with van der Waals surface area (Å²) in [7, 11) is -3.62. The molecule has 2 aliphatic rings. The summed E-state index contributed by atoms with van der Waals surface area (Å²) in [6.07, 6.45) is 2.47. The number of anilines is 1. The molecule has 7 nitrogen and oxygen atoms in total. The van der Waals surface area contributed by atoms with E-state index in [4.69, 9.17) is 4.74 Å². The third-order valence-corrected chi connectivity index (χ3v) is 9.20. The number of esters is 1. The molecule has 1 saturated heterocycles. The van der Waals surface area contributed by atoms with Gasteiger partial charge in [0.15, 0.2) is 0 Å². The van der Waals surface area contributed by atoms with Gasteiger partial charge in [0, 0.05) is 24.7 Å². The Balaban J connectivity index is 1.19. The van der Waals surface area contributed by atoms with E-state index < -0.39 is 15.4 Å². The number of sulfonamides is 1. The second kappa shape index (κ2) is 9.67. The fourth-order valence-electron chi connectivity index (χ4n) is 4.96. The second-order valence-electron chi connectivity index (χ2n) is 9.56. The molecule has 5 rings (SSSR count). The lowest BCUT2D eigenvalue weighted by Gasteiger charge is -2.30. The summed E-state index contributed by atoms with van der Waals surface area (Å²) in [5.74, 6) is -0.564. The number of nitrogens with zero attached hydrogens (tertiary/aromatic N) is 1. The molecular formula is C28H30N2O5S. The Hall–Kier alpha value is -3.23. The number of nitrogens with one attached hydrogen (secondary N) is 1. The molecule has 3 aromatic carbocycles. The maximum atomic E-state index is 13.2. The third kappa shape index (κ3) is 4.63.